The molecule has 2 N–H and O–H groups in total. The first kappa shape index (κ1) is 10.9. The van der Waals surface area contributed by atoms with Gasteiger partial charge in [0, 0.05) is 5.56 Å². The molecule has 3 nitrogen and oxygen atoms in total. The van der Waals surface area contributed by atoms with Gasteiger partial charge in [0.2, 0.25) is 0 Å². The highest BCUT2D eigenvalue weighted by Gasteiger charge is 2.19. The first-order valence-corrected chi connectivity index (χ1v) is 5.88. The maximum absolute atomic E-state index is 9.72. The summed E-state index contributed by atoms with van der Waals surface area (Å²) in [6, 6.07) is 3.68. The Morgan fingerprint density at radius 2 is 2.27 bits per heavy atom. The van der Waals surface area contributed by atoms with E-state index in [-0.39, 0.29) is 4.95 Å². The molecule has 0 saturated heterocycles. The summed E-state index contributed by atoms with van der Waals surface area (Å²) in [5.41, 5.74) is 3.32. The molecule has 0 saturated carbocycles. The Labute approximate surface area is 97.6 Å². The van der Waals surface area contributed by atoms with E-state index in [1.165, 1.54) is 11.1 Å². The Balaban J connectivity index is 2.48. The summed E-state index contributed by atoms with van der Waals surface area (Å²) >= 11 is 3.56. The lowest BCUT2D eigenvalue weighted by Gasteiger charge is -2.23. The van der Waals surface area contributed by atoms with Gasteiger partial charge in [-0.25, -0.2) is 0 Å². The first-order chi connectivity index (χ1) is 7.24. The lowest BCUT2D eigenvalue weighted by atomic mass is 9.96. The molecule has 82 valence electrons. The van der Waals surface area contributed by atoms with E-state index in [0.717, 1.165) is 18.6 Å². The minimum absolute atomic E-state index is 0.130. The van der Waals surface area contributed by atoms with E-state index in [1.54, 1.807) is 6.07 Å². The van der Waals surface area contributed by atoms with Crippen molar-refractivity contribution >= 4 is 15.9 Å². The van der Waals surface area contributed by atoms with Crippen LogP contribution in [0.25, 0.3) is 0 Å². The first-order valence-electron chi connectivity index (χ1n) is 4.96. The molecule has 0 aromatic heterocycles. The van der Waals surface area contributed by atoms with E-state index >= 15 is 0 Å². The Morgan fingerprint density at radius 1 is 1.47 bits per heavy atom. The zero-order valence-electron chi connectivity index (χ0n) is 8.59. The molecule has 0 radical (unpaired) electrons. The van der Waals surface area contributed by atoms with Crippen molar-refractivity contribution in [3.8, 4) is 5.75 Å². The average Bonchev–Trinajstić information content (AvgIpc) is 2.29. The lowest BCUT2D eigenvalue weighted by molar-refractivity contribution is 0.108. The van der Waals surface area contributed by atoms with E-state index in [1.807, 2.05) is 13.1 Å². The summed E-state index contributed by atoms with van der Waals surface area (Å²) in [5, 5.41) is 12.9. The van der Waals surface area contributed by atoms with Crippen LogP contribution in [0.5, 0.6) is 5.75 Å². The van der Waals surface area contributed by atoms with Crippen molar-refractivity contribution in [3.63, 3.8) is 0 Å². The largest absolute Gasteiger partial charge is 0.508 e. The molecule has 0 amide bonds. The van der Waals surface area contributed by atoms with Crippen molar-refractivity contribution < 1.29 is 9.84 Å². The molecule has 2 rings (SSSR count). The van der Waals surface area contributed by atoms with E-state index in [2.05, 4.69) is 21.2 Å². The van der Waals surface area contributed by atoms with E-state index in [9.17, 15) is 5.11 Å². The van der Waals surface area contributed by atoms with Gasteiger partial charge in [-0.05, 0) is 30.7 Å². The predicted octanol–water partition coefficient (Wildman–Crippen LogP) is 2.08. The van der Waals surface area contributed by atoms with Crippen molar-refractivity contribution in [3.05, 3.63) is 28.8 Å². The van der Waals surface area contributed by atoms with Crippen LogP contribution in [-0.2, 0) is 17.8 Å². The van der Waals surface area contributed by atoms with Crippen LogP contribution in [0.15, 0.2) is 12.1 Å². The molecule has 15 heavy (non-hydrogen) atoms. The number of ether oxygens (including phenoxy) is 1. The van der Waals surface area contributed by atoms with Crippen LogP contribution in [0.1, 0.15) is 21.6 Å². The zero-order valence-corrected chi connectivity index (χ0v) is 10.2. The Morgan fingerprint density at radius 3 is 3.00 bits per heavy atom. The fourth-order valence-corrected chi connectivity index (χ4v) is 2.33. The second-order valence-electron chi connectivity index (χ2n) is 3.58. The van der Waals surface area contributed by atoms with Gasteiger partial charge in [0.15, 0.2) is 0 Å². The van der Waals surface area contributed by atoms with Gasteiger partial charge < -0.3 is 15.2 Å². The van der Waals surface area contributed by atoms with E-state index in [4.69, 9.17) is 4.74 Å². The molecule has 1 heterocycles. The number of hydrogen-bond acceptors (Lipinski definition) is 3. The lowest BCUT2D eigenvalue weighted by Crippen LogP contribution is -2.17. The summed E-state index contributed by atoms with van der Waals surface area (Å²) in [5.74, 6) is 0.337. The maximum Gasteiger partial charge on any atom is 0.121 e. The molecule has 0 aliphatic carbocycles. The molecular weight excluding hydrogens is 258 g/mol. The van der Waals surface area contributed by atoms with Gasteiger partial charge in [-0.3, -0.25) is 0 Å². The summed E-state index contributed by atoms with van der Waals surface area (Å²) in [7, 11) is 1.90. The van der Waals surface area contributed by atoms with Gasteiger partial charge in [-0.1, -0.05) is 22.0 Å². The minimum atomic E-state index is 0.130. The molecule has 1 aromatic rings. The predicted molar refractivity (Wildman–Crippen MR) is 62.2 cm³/mol. The number of phenols is 1. The molecule has 1 aliphatic rings. The van der Waals surface area contributed by atoms with E-state index in [0.29, 0.717) is 12.4 Å². The molecule has 1 aliphatic heterocycles. The molecular formula is C11H14BrNO2. The van der Waals surface area contributed by atoms with Gasteiger partial charge in [0.1, 0.15) is 5.75 Å². The Bertz CT molecular complexity index is 368. The van der Waals surface area contributed by atoms with E-state index < -0.39 is 0 Å². The number of halogens is 1. The van der Waals surface area contributed by atoms with Gasteiger partial charge >= 0.3 is 0 Å². The highest BCUT2D eigenvalue weighted by atomic mass is 79.9. The molecule has 0 spiro atoms. The number of rotatable bonds is 2. The van der Waals surface area contributed by atoms with Crippen molar-refractivity contribution in [2.75, 3.05) is 13.7 Å². The van der Waals surface area contributed by atoms with Gasteiger partial charge in [0.25, 0.3) is 0 Å². The van der Waals surface area contributed by atoms with Gasteiger partial charge in [-0.2, -0.15) is 0 Å². The monoisotopic (exact) mass is 271 g/mol. The topological polar surface area (TPSA) is 41.5 Å². The second kappa shape index (κ2) is 4.51. The number of alkyl halides is 1. The zero-order chi connectivity index (χ0) is 10.8. The fraction of sp³-hybridized carbons (Fsp3) is 0.455. The van der Waals surface area contributed by atoms with Gasteiger partial charge in [-0.15, -0.1) is 0 Å². The third-order valence-electron chi connectivity index (χ3n) is 2.71. The highest BCUT2D eigenvalue weighted by Crippen LogP contribution is 2.33. The number of aromatic hydroxyl groups is 1. The normalized spacial score (nSPS) is 17.2. The molecule has 0 fully saturated rings. The van der Waals surface area contributed by atoms with Crippen molar-refractivity contribution in [2.24, 2.45) is 0 Å². The summed E-state index contributed by atoms with van der Waals surface area (Å²) in [4.78, 5) is 0.130. The van der Waals surface area contributed by atoms with Crippen LogP contribution < -0.4 is 5.32 Å². The summed E-state index contributed by atoms with van der Waals surface area (Å²) in [6.45, 7) is 1.24. The Hall–Kier alpha value is -0.580. The summed E-state index contributed by atoms with van der Waals surface area (Å²) in [6.07, 6.45) is 0.864. The molecule has 4 heteroatoms. The third kappa shape index (κ3) is 2.02. The van der Waals surface area contributed by atoms with Crippen LogP contribution in [0.4, 0.5) is 0 Å². The number of phenolic OH excluding ortho intramolecular Hbond substituents is 1. The summed E-state index contributed by atoms with van der Waals surface area (Å²) < 4.78 is 5.35. The number of hydrogen-bond donors (Lipinski definition) is 2. The molecule has 1 aromatic carbocycles. The van der Waals surface area contributed by atoms with Crippen LogP contribution in [0, 0.1) is 0 Å². The quantitative estimate of drug-likeness (QED) is 0.639. The highest BCUT2D eigenvalue weighted by molar-refractivity contribution is 9.09. The average molecular weight is 272 g/mol. The number of benzene rings is 1. The smallest absolute Gasteiger partial charge is 0.121 e. The molecule has 1 unspecified atom stereocenters. The van der Waals surface area contributed by atoms with Crippen molar-refractivity contribution in [1.29, 1.82) is 0 Å². The number of nitrogens with one attached hydrogen (secondary N) is 1. The molecule has 1 atom stereocenters. The maximum atomic E-state index is 9.72. The van der Waals surface area contributed by atoms with Gasteiger partial charge in [0.05, 0.1) is 18.2 Å². The standard InChI is InChI=1S/C11H14BrNO2/c1-13-11(12)8-2-3-10(14)9-6-15-5-4-7(8)9/h2-3,11,13-14H,4-6H2,1H3. The van der Waals surface area contributed by atoms with Crippen LogP contribution >= 0.6 is 15.9 Å². The van der Waals surface area contributed by atoms with Crippen molar-refractivity contribution in [2.45, 2.75) is 18.0 Å². The minimum Gasteiger partial charge on any atom is -0.508 e. The van der Waals surface area contributed by atoms with Crippen LogP contribution in [-0.4, -0.2) is 18.8 Å². The van der Waals surface area contributed by atoms with Crippen LogP contribution in [0.3, 0.4) is 0 Å². The Kier molecular flexibility index (Phi) is 3.29. The van der Waals surface area contributed by atoms with Crippen molar-refractivity contribution in [1.82, 2.24) is 5.32 Å². The molecule has 0 bridgehead atoms. The second-order valence-corrected chi connectivity index (χ2v) is 4.50. The fourth-order valence-electron chi connectivity index (χ4n) is 1.90. The SMILES string of the molecule is CNC(Br)c1ccc(O)c2c1CCOC2. The van der Waals surface area contributed by atoms with Crippen LogP contribution in [0.2, 0.25) is 0 Å². The number of fused-ring (bicyclic) bond motifs is 1. The third-order valence-corrected chi connectivity index (χ3v) is 3.66.